The summed E-state index contributed by atoms with van der Waals surface area (Å²) in [5.74, 6) is -0.592. The molecule has 0 aliphatic carbocycles. The fourth-order valence-electron chi connectivity index (χ4n) is 4.40. The molecule has 3 aromatic carbocycles. The Morgan fingerprint density at radius 1 is 1.03 bits per heavy atom. The molecule has 10 nitrogen and oxygen atoms in total. The third-order valence-corrected chi connectivity index (χ3v) is 8.43. The molecule has 0 saturated carbocycles. The topological polar surface area (TPSA) is 128 Å². The number of anilines is 1. The molecule has 0 spiro atoms. The molecule has 0 bridgehead atoms. The molecule has 1 saturated heterocycles. The first-order valence-corrected chi connectivity index (χ1v) is 14.5. The van der Waals surface area contributed by atoms with E-state index in [9.17, 15) is 27.1 Å². The minimum absolute atomic E-state index is 0.160. The minimum Gasteiger partial charge on any atom is -0.489 e. The Bertz CT molecular complexity index is 1370. The lowest BCUT2D eigenvalue weighted by molar-refractivity contribution is -0.143. The van der Waals surface area contributed by atoms with Crippen LogP contribution in [0, 0.1) is 0 Å². The first-order valence-electron chi connectivity index (χ1n) is 11.6. The van der Waals surface area contributed by atoms with Gasteiger partial charge in [0, 0.05) is 26.2 Å². The van der Waals surface area contributed by atoms with E-state index in [2.05, 4.69) is 0 Å². The summed E-state index contributed by atoms with van der Waals surface area (Å²) in [6, 6.07) is 19.5. The van der Waals surface area contributed by atoms with E-state index in [0.717, 1.165) is 26.9 Å². The van der Waals surface area contributed by atoms with Gasteiger partial charge in [0.1, 0.15) is 18.4 Å². The van der Waals surface area contributed by atoms with E-state index >= 15 is 0 Å². The third-order valence-electron chi connectivity index (χ3n) is 6.39. The van der Waals surface area contributed by atoms with E-state index < -0.39 is 33.3 Å². The van der Waals surface area contributed by atoms with Gasteiger partial charge < -0.3 is 9.84 Å². The van der Waals surface area contributed by atoms with Gasteiger partial charge in [0.15, 0.2) is 0 Å². The summed E-state index contributed by atoms with van der Waals surface area (Å²) < 4.78 is 53.9. The fraction of sp³-hybridized carbons (Fsp3) is 0.320. The van der Waals surface area contributed by atoms with Crippen molar-refractivity contribution in [3.63, 3.8) is 0 Å². The Hall–Kier alpha value is -3.03. The summed E-state index contributed by atoms with van der Waals surface area (Å²) in [5.41, 5.74) is 1.39. The maximum atomic E-state index is 12.2. The zero-order valence-corrected chi connectivity index (χ0v) is 21.9. The van der Waals surface area contributed by atoms with Gasteiger partial charge in [-0.2, -0.15) is 4.31 Å². The summed E-state index contributed by atoms with van der Waals surface area (Å²) in [4.78, 5) is 13.6. The summed E-state index contributed by atoms with van der Waals surface area (Å²) in [7, 11) is -3.36. The zero-order chi connectivity index (χ0) is 26.6. The molecule has 1 fully saturated rings. The van der Waals surface area contributed by atoms with E-state index in [1.54, 1.807) is 29.2 Å². The SMILES string of the molecule is CS(=O)(=O)N1CCN([C@@H](CN(c2ccc(OCc3cccc4ccccc34)cc2)S(=O)O)C(=O)O)CC1. The normalized spacial score (nSPS) is 16.8. The van der Waals surface area contributed by atoms with Crippen molar-refractivity contribution in [3.05, 3.63) is 72.3 Å². The minimum atomic E-state index is -3.36. The maximum Gasteiger partial charge on any atom is 0.322 e. The standard InChI is InChI=1S/C25H29N3O7S2/c1-37(33,34)27-15-13-26(14-16-27)24(25(29)30)17-28(36(31)32)21-9-11-22(12-10-21)35-18-20-7-4-6-19-5-2-3-8-23(19)20/h2-12,24H,13-18H2,1H3,(H,29,30)(H,31,32)/t24-/m0/s1. The van der Waals surface area contributed by atoms with Crippen molar-refractivity contribution in [2.24, 2.45) is 0 Å². The number of fused-ring (bicyclic) bond motifs is 1. The Kier molecular flexibility index (Phi) is 8.45. The molecule has 0 radical (unpaired) electrons. The number of hydrogen-bond donors (Lipinski definition) is 2. The largest absolute Gasteiger partial charge is 0.489 e. The van der Waals surface area contributed by atoms with E-state index in [1.165, 1.54) is 4.31 Å². The number of ether oxygens (including phenoxy) is 1. The molecule has 1 unspecified atom stereocenters. The first-order chi connectivity index (χ1) is 17.6. The van der Waals surface area contributed by atoms with Crippen LogP contribution >= 0.6 is 0 Å². The lowest BCUT2D eigenvalue weighted by Crippen LogP contribution is -2.57. The van der Waals surface area contributed by atoms with Crippen molar-refractivity contribution < 1.29 is 31.8 Å². The molecular formula is C25H29N3O7S2. The predicted octanol–water partition coefficient (Wildman–Crippen LogP) is 2.39. The molecular weight excluding hydrogens is 518 g/mol. The van der Waals surface area contributed by atoms with Gasteiger partial charge >= 0.3 is 5.97 Å². The highest BCUT2D eigenvalue weighted by Gasteiger charge is 2.34. The van der Waals surface area contributed by atoms with Crippen LogP contribution in [0.15, 0.2) is 66.7 Å². The molecule has 4 rings (SSSR count). The quantitative estimate of drug-likeness (QED) is 0.371. The van der Waals surface area contributed by atoms with Gasteiger partial charge in [-0.15, -0.1) is 0 Å². The average Bonchev–Trinajstić information content (AvgIpc) is 2.87. The van der Waals surface area contributed by atoms with Crippen molar-refractivity contribution in [1.82, 2.24) is 9.21 Å². The fourth-order valence-corrected chi connectivity index (χ4v) is 5.80. The summed E-state index contributed by atoms with van der Waals surface area (Å²) >= 11 is -2.48. The molecule has 2 atom stereocenters. The molecule has 1 aliphatic heterocycles. The monoisotopic (exact) mass is 547 g/mol. The van der Waals surface area contributed by atoms with E-state index in [1.807, 2.05) is 42.5 Å². The Morgan fingerprint density at radius 2 is 1.68 bits per heavy atom. The number of carboxylic acids is 1. The molecule has 2 N–H and O–H groups in total. The van der Waals surface area contributed by atoms with Crippen LogP contribution in [0.4, 0.5) is 5.69 Å². The predicted molar refractivity (Wildman–Crippen MR) is 142 cm³/mol. The van der Waals surface area contributed by atoms with Crippen LogP contribution in [0.1, 0.15) is 5.56 Å². The van der Waals surface area contributed by atoms with Crippen molar-refractivity contribution in [2.45, 2.75) is 12.6 Å². The lowest BCUT2D eigenvalue weighted by atomic mass is 10.1. The number of rotatable bonds is 10. The number of carbonyl (C=O) groups is 1. The number of nitrogens with zero attached hydrogens (tertiary/aromatic N) is 3. The Morgan fingerprint density at radius 3 is 2.30 bits per heavy atom. The molecule has 1 heterocycles. The maximum absolute atomic E-state index is 12.2. The van der Waals surface area contributed by atoms with Gasteiger partial charge in [-0.3, -0.25) is 18.6 Å². The summed E-state index contributed by atoms with van der Waals surface area (Å²) in [6.07, 6.45) is 1.11. The van der Waals surface area contributed by atoms with Crippen molar-refractivity contribution in [1.29, 1.82) is 0 Å². The number of aliphatic carboxylic acids is 1. The molecule has 3 aromatic rings. The number of sulfonamides is 1. The van der Waals surface area contributed by atoms with Crippen molar-refractivity contribution >= 4 is 43.7 Å². The van der Waals surface area contributed by atoms with Crippen LogP contribution in [-0.4, -0.2) is 82.5 Å². The van der Waals surface area contributed by atoms with Crippen LogP contribution in [0.25, 0.3) is 10.8 Å². The van der Waals surface area contributed by atoms with Gasteiger partial charge in [-0.1, -0.05) is 42.5 Å². The first kappa shape index (κ1) is 27.0. The molecule has 198 valence electrons. The smallest absolute Gasteiger partial charge is 0.322 e. The Balaban J connectivity index is 1.43. The third kappa shape index (κ3) is 6.65. The molecule has 12 heteroatoms. The number of benzene rings is 3. The highest BCUT2D eigenvalue weighted by molar-refractivity contribution is 7.88. The number of hydrogen-bond acceptors (Lipinski definition) is 6. The lowest BCUT2D eigenvalue weighted by Gasteiger charge is -2.37. The van der Waals surface area contributed by atoms with E-state index in [0.29, 0.717) is 18.0 Å². The van der Waals surface area contributed by atoms with Crippen molar-refractivity contribution in [3.8, 4) is 5.75 Å². The van der Waals surface area contributed by atoms with Gasteiger partial charge in [-0.25, -0.2) is 12.6 Å². The van der Waals surface area contributed by atoms with Gasteiger partial charge in [-0.05, 0) is 40.6 Å². The van der Waals surface area contributed by atoms with Crippen LogP contribution in [0.2, 0.25) is 0 Å². The molecule has 0 aromatic heterocycles. The second-order valence-corrected chi connectivity index (χ2v) is 11.6. The summed E-state index contributed by atoms with van der Waals surface area (Å²) in [6.45, 7) is 0.819. The van der Waals surface area contributed by atoms with Crippen LogP contribution in [0.3, 0.4) is 0 Å². The van der Waals surface area contributed by atoms with E-state index in [4.69, 9.17) is 4.74 Å². The van der Waals surface area contributed by atoms with Crippen LogP contribution in [0.5, 0.6) is 5.75 Å². The van der Waals surface area contributed by atoms with E-state index in [-0.39, 0.29) is 32.7 Å². The van der Waals surface area contributed by atoms with Crippen LogP contribution in [-0.2, 0) is 32.7 Å². The Labute approximate surface area is 218 Å². The van der Waals surface area contributed by atoms with Gasteiger partial charge in [0.25, 0.3) is 11.3 Å². The van der Waals surface area contributed by atoms with Crippen LogP contribution < -0.4 is 9.04 Å². The number of piperazine rings is 1. The average molecular weight is 548 g/mol. The van der Waals surface area contributed by atoms with Crippen molar-refractivity contribution in [2.75, 3.05) is 43.3 Å². The zero-order valence-electron chi connectivity index (χ0n) is 20.3. The number of carboxylic acid groups (broad SMARTS) is 1. The van der Waals surface area contributed by atoms with Gasteiger partial charge in [0.05, 0.1) is 18.5 Å². The summed E-state index contributed by atoms with van der Waals surface area (Å²) in [5, 5.41) is 12.0. The molecule has 1 aliphatic rings. The highest BCUT2D eigenvalue weighted by atomic mass is 32.2. The second kappa shape index (κ2) is 11.6. The highest BCUT2D eigenvalue weighted by Crippen LogP contribution is 2.24. The second-order valence-electron chi connectivity index (χ2n) is 8.76. The molecule has 37 heavy (non-hydrogen) atoms. The molecule has 0 amide bonds. The van der Waals surface area contributed by atoms with Gasteiger partial charge in [0.2, 0.25) is 10.0 Å².